The molecule has 0 aliphatic carbocycles. The summed E-state index contributed by atoms with van der Waals surface area (Å²) >= 11 is 0. The maximum Gasteiger partial charge on any atom is 0.131 e. The number of hydrogen-bond donors (Lipinski definition) is 2. The molecule has 4 nitrogen and oxygen atoms in total. The lowest BCUT2D eigenvalue weighted by atomic mass is 9.96. The van der Waals surface area contributed by atoms with Gasteiger partial charge in [-0.15, -0.1) is 0 Å². The van der Waals surface area contributed by atoms with Crippen molar-refractivity contribution >= 4 is 11.6 Å². The molecule has 1 aliphatic heterocycles. The minimum Gasteiger partial charge on any atom is -0.325 e. The van der Waals surface area contributed by atoms with Gasteiger partial charge in [0.1, 0.15) is 11.6 Å². The van der Waals surface area contributed by atoms with Crippen molar-refractivity contribution < 1.29 is 0 Å². The monoisotopic (exact) mass is 268 g/mol. The Hall–Kier alpha value is -1.94. The van der Waals surface area contributed by atoms with Crippen molar-refractivity contribution in [3.63, 3.8) is 0 Å². The fraction of sp³-hybridized carbons (Fsp3) is 0.375. The molecule has 2 N–H and O–H groups in total. The number of aromatic nitrogens is 2. The molecule has 2 aromatic rings. The van der Waals surface area contributed by atoms with Crippen LogP contribution in [0.15, 0.2) is 36.4 Å². The van der Waals surface area contributed by atoms with E-state index in [4.69, 9.17) is 4.98 Å². The first kappa shape index (κ1) is 13.1. The average molecular weight is 268 g/mol. The van der Waals surface area contributed by atoms with Crippen LogP contribution in [0.2, 0.25) is 0 Å². The number of piperidine rings is 1. The van der Waals surface area contributed by atoms with Crippen LogP contribution in [-0.4, -0.2) is 23.1 Å². The number of pyridine rings is 2. The summed E-state index contributed by atoms with van der Waals surface area (Å²) in [7, 11) is 0. The lowest BCUT2D eigenvalue weighted by molar-refractivity contribution is 0.455. The maximum absolute atomic E-state index is 4.73. The minimum atomic E-state index is 0.524. The maximum atomic E-state index is 4.73. The van der Waals surface area contributed by atoms with Gasteiger partial charge in [-0.2, -0.15) is 0 Å². The number of nitrogens with one attached hydrogen (secondary N) is 2. The average Bonchev–Trinajstić information content (AvgIpc) is 2.48. The van der Waals surface area contributed by atoms with Gasteiger partial charge in [0.05, 0.1) is 0 Å². The standard InChI is InChI=1S/C16H20N4/c1-12-5-2-8-15(18-12)20-16-9-3-7-14(19-16)13-6-4-10-17-11-13/h2-3,5,7-9,13,17H,4,6,10-11H2,1H3,(H,18,19,20)/t13-/m0/s1. The van der Waals surface area contributed by atoms with Crippen LogP contribution in [0.1, 0.15) is 30.1 Å². The summed E-state index contributed by atoms with van der Waals surface area (Å²) in [6.07, 6.45) is 2.44. The summed E-state index contributed by atoms with van der Waals surface area (Å²) in [4.78, 5) is 9.18. The van der Waals surface area contributed by atoms with E-state index < -0.39 is 0 Å². The number of anilines is 2. The second kappa shape index (κ2) is 6.01. The minimum absolute atomic E-state index is 0.524. The molecule has 0 unspecified atom stereocenters. The summed E-state index contributed by atoms with van der Waals surface area (Å²) in [5, 5.41) is 6.72. The zero-order valence-corrected chi connectivity index (χ0v) is 11.8. The Kier molecular flexibility index (Phi) is 3.92. The first-order chi connectivity index (χ1) is 9.81. The van der Waals surface area contributed by atoms with Gasteiger partial charge in [-0.25, -0.2) is 9.97 Å². The van der Waals surface area contributed by atoms with Crippen LogP contribution in [-0.2, 0) is 0 Å². The Bertz CT molecular complexity index is 576. The normalized spacial score (nSPS) is 18.8. The SMILES string of the molecule is Cc1cccc(Nc2cccc([C@H]3CCCNC3)n2)n1. The molecular weight excluding hydrogens is 248 g/mol. The molecule has 0 spiro atoms. The Morgan fingerprint density at radius 1 is 1.10 bits per heavy atom. The highest BCUT2D eigenvalue weighted by molar-refractivity contribution is 5.51. The molecule has 0 saturated carbocycles. The fourth-order valence-corrected chi connectivity index (χ4v) is 2.60. The zero-order valence-electron chi connectivity index (χ0n) is 11.8. The second-order valence-electron chi connectivity index (χ2n) is 5.28. The molecule has 0 radical (unpaired) electrons. The molecule has 1 atom stereocenters. The molecule has 2 aromatic heterocycles. The van der Waals surface area contributed by atoms with E-state index in [9.17, 15) is 0 Å². The quantitative estimate of drug-likeness (QED) is 0.898. The predicted octanol–water partition coefficient (Wildman–Crippen LogP) is 3.00. The van der Waals surface area contributed by atoms with E-state index in [0.717, 1.165) is 36.1 Å². The number of hydrogen-bond acceptors (Lipinski definition) is 4. The van der Waals surface area contributed by atoms with Crippen molar-refractivity contribution in [1.29, 1.82) is 0 Å². The van der Waals surface area contributed by atoms with Gasteiger partial charge < -0.3 is 10.6 Å². The van der Waals surface area contributed by atoms with Crippen LogP contribution >= 0.6 is 0 Å². The molecule has 1 fully saturated rings. The molecule has 3 heterocycles. The smallest absolute Gasteiger partial charge is 0.131 e. The Balaban J connectivity index is 1.77. The third-order valence-electron chi connectivity index (χ3n) is 3.63. The first-order valence-corrected chi connectivity index (χ1v) is 7.19. The van der Waals surface area contributed by atoms with Crippen molar-refractivity contribution in [2.24, 2.45) is 0 Å². The van der Waals surface area contributed by atoms with Gasteiger partial charge in [0, 0.05) is 23.9 Å². The lowest BCUT2D eigenvalue weighted by Gasteiger charge is -2.22. The van der Waals surface area contributed by atoms with Crippen LogP contribution in [0.5, 0.6) is 0 Å². The van der Waals surface area contributed by atoms with Gasteiger partial charge in [-0.05, 0) is 50.6 Å². The number of aryl methyl sites for hydroxylation is 1. The van der Waals surface area contributed by atoms with E-state index in [-0.39, 0.29) is 0 Å². The molecule has 4 heteroatoms. The third kappa shape index (κ3) is 3.14. The third-order valence-corrected chi connectivity index (χ3v) is 3.63. The lowest BCUT2D eigenvalue weighted by Crippen LogP contribution is -2.28. The Morgan fingerprint density at radius 2 is 1.90 bits per heavy atom. The van der Waals surface area contributed by atoms with Crippen LogP contribution in [0.25, 0.3) is 0 Å². The molecule has 3 rings (SSSR count). The molecule has 0 aromatic carbocycles. The molecule has 20 heavy (non-hydrogen) atoms. The van der Waals surface area contributed by atoms with E-state index in [1.54, 1.807) is 0 Å². The van der Waals surface area contributed by atoms with Gasteiger partial charge in [-0.3, -0.25) is 0 Å². The van der Waals surface area contributed by atoms with E-state index >= 15 is 0 Å². The molecule has 104 valence electrons. The van der Waals surface area contributed by atoms with Gasteiger partial charge in [0.15, 0.2) is 0 Å². The number of nitrogens with zero attached hydrogens (tertiary/aromatic N) is 2. The summed E-state index contributed by atoms with van der Waals surface area (Å²) in [5.74, 6) is 2.23. The topological polar surface area (TPSA) is 49.8 Å². The molecule has 0 amide bonds. The Morgan fingerprint density at radius 3 is 2.65 bits per heavy atom. The highest BCUT2D eigenvalue weighted by atomic mass is 15.1. The van der Waals surface area contributed by atoms with Crippen molar-refractivity contribution in [3.05, 3.63) is 47.8 Å². The van der Waals surface area contributed by atoms with Crippen LogP contribution in [0.3, 0.4) is 0 Å². The van der Waals surface area contributed by atoms with E-state index in [1.165, 1.54) is 12.8 Å². The van der Waals surface area contributed by atoms with Crippen LogP contribution in [0, 0.1) is 6.92 Å². The summed E-state index contributed by atoms with van der Waals surface area (Å²) in [6, 6.07) is 12.1. The van der Waals surface area contributed by atoms with Crippen molar-refractivity contribution in [2.45, 2.75) is 25.7 Å². The van der Waals surface area contributed by atoms with Gasteiger partial charge >= 0.3 is 0 Å². The summed E-state index contributed by atoms with van der Waals surface area (Å²) in [6.45, 7) is 4.14. The van der Waals surface area contributed by atoms with E-state index in [0.29, 0.717) is 5.92 Å². The van der Waals surface area contributed by atoms with Crippen LogP contribution < -0.4 is 10.6 Å². The highest BCUT2D eigenvalue weighted by Crippen LogP contribution is 2.23. The van der Waals surface area contributed by atoms with Gasteiger partial charge in [-0.1, -0.05) is 12.1 Å². The summed E-state index contributed by atoms with van der Waals surface area (Å²) < 4.78 is 0. The van der Waals surface area contributed by atoms with E-state index in [1.807, 2.05) is 31.2 Å². The van der Waals surface area contributed by atoms with Gasteiger partial charge in [0.25, 0.3) is 0 Å². The van der Waals surface area contributed by atoms with Crippen molar-refractivity contribution in [3.8, 4) is 0 Å². The largest absolute Gasteiger partial charge is 0.325 e. The van der Waals surface area contributed by atoms with Gasteiger partial charge in [0.2, 0.25) is 0 Å². The second-order valence-corrected chi connectivity index (χ2v) is 5.28. The summed E-state index contributed by atoms with van der Waals surface area (Å²) in [5.41, 5.74) is 2.16. The highest BCUT2D eigenvalue weighted by Gasteiger charge is 2.16. The van der Waals surface area contributed by atoms with Crippen molar-refractivity contribution in [2.75, 3.05) is 18.4 Å². The molecule has 0 bridgehead atoms. The Labute approximate surface area is 119 Å². The predicted molar refractivity (Wildman–Crippen MR) is 81.3 cm³/mol. The van der Waals surface area contributed by atoms with E-state index in [2.05, 4.69) is 27.8 Å². The fourth-order valence-electron chi connectivity index (χ4n) is 2.60. The van der Waals surface area contributed by atoms with Crippen molar-refractivity contribution in [1.82, 2.24) is 15.3 Å². The number of rotatable bonds is 3. The zero-order chi connectivity index (χ0) is 13.8. The van der Waals surface area contributed by atoms with Crippen LogP contribution in [0.4, 0.5) is 11.6 Å². The molecule has 1 saturated heterocycles. The molecular formula is C16H20N4. The first-order valence-electron chi connectivity index (χ1n) is 7.19. The molecule has 1 aliphatic rings.